The average Bonchev–Trinajstić information content (AvgIpc) is 3.19. The van der Waals surface area contributed by atoms with Gasteiger partial charge in [0.25, 0.3) is 0 Å². The number of hydrogen-bond acceptors (Lipinski definition) is 4. The van der Waals surface area contributed by atoms with Gasteiger partial charge in [-0.1, -0.05) is 44.9 Å². The zero-order valence-electron chi connectivity index (χ0n) is 20.0. The van der Waals surface area contributed by atoms with E-state index in [4.69, 9.17) is 14.5 Å². The Bertz CT molecular complexity index is 1370. The van der Waals surface area contributed by atoms with Crippen molar-refractivity contribution in [2.24, 2.45) is 0 Å². The summed E-state index contributed by atoms with van der Waals surface area (Å²) in [4.78, 5) is 16.6. The fourth-order valence-corrected chi connectivity index (χ4v) is 3.53. The first-order chi connectivity index (χ1) is 16.3. The van der Waals surface area contributed by atoms with Gasteiger partial charge in [0.05, 0.1) is 12.2 Å². The fraction of sp³-hybridized carbons (Fsp3) is 0.241. The van der Waals surface area contributed by atoms with Crippen LogP contribution in [0, 0.1) is 11.8 Å². The van der Waals surface area contributed by atoms with Crippen molar-refractivity contribution in [2.45, 2.75) is 39.7 Å². The number of rotatable bonds is 5. The minimum atomic E-state index is -0.345. The van der Waals surface area contributed by atoms with Gasteiger partial charge in [0.1, 0.15) is 29.4 Å². The predicted molar refractivity (Wildman–Crippen MR) is 133 cm³/mol. The minimum absolute atomic E-state index is 0.0584. The number of carbonyl (C=O) groups is 1. The molecule has 0 atom stereocenters. The molecule has 4 aromatic rings. The molecule has 2 aromatic carbocycles. The summed E-state index contributed by atoms with van der Waals surface area (Å²) in [5, 5.41) is 0. The summed E-state index contributed by atoms with van der Waals surface area (Å²) in [6.45, 7) is 8.96. The second-order valence-corrected chi connectivity index (χ2v) is 8.95. The largest absolute Gasteiger partial charge is 0.487 e. The second kappa shape index (κ2) is 9.84. The number of ether oxygens (including phenoxy) is 2. The number of esters is 1. The fourth-order valence-electron chi connectivity index (χ4n) is 3.53. The Labute approximate surface area is 200 Å². The van der Waals surface area contributed by atoms with Gasteiger partial charge in [-0.2, -0.15) is 0 Å². The summed E-state index contributed by atoms with van der Waals surface area (Å²) in [6, 6.07) is 21.1. The SMILES string of the molecule is CCOC(=O)c1ccc(OCc2nc3ccccn3c2C#Cc2cccc(C(C)(C)C)c2)cc1. The van der Waals surface area contributed by atoms with E-state index >= 15 is 0 Å². The van der Waals surface area contributed by atoms with Crippen molar-refractivity contribution in [3.63, 3.8) is 0 Å². The first kappa shape index (κ1) is 23.1. The van der Waals surface area contributed by atoms with E-state index in [0.717, 1.165) is 22.6 Å². The van der Waals surface area contributed by atoms with E-state index in [9.17, 15) is 4.79 Å². The topological polar surface area (TPSA) is 52.8 Å². The van der Waals surface area contributed by atoms with Crippen LogP contribution in [0.3, 0.4) is 0 Å². The van der Waals surface area contributed by atoms with Crippen LogP contribution in [0.5, 0.6) is 5.75 Å². The van der Waals surface area contributed by atoms with Crippen molar-refractivity contribution >= 4 is 11.6 Å². The van der Waals surface area contributed by atoms with Crippen LogP contribution >= 0.6 is 0 Å². The third-order valence-corrected chi connectivity index (χ3v) is 5.40. The van der Waals surface area contributed by atoms with Crippen LogP contribution < -0.4 is 4.74 Å². The molecule has 0 aliphatic carbocycles. The predicted octanol–water partition coefficient (Wildman–Crippen LogP) is 5.79. The van der Waals surface area contributed by atoms with Gasteiger partial charge in [-0.15, -0.1) is 0 Å². The van der Waals surface area contributed by atoms with Gasteiger partial charge in [0, 0.05) is 11.8 Å². The second-order valence-electron chi connectivity index (χ2n) is 8.95. The normalized spacial score (nSPS) is 11.1. The number of fused-ring (bicyclic) bond motifs is 1. The number of nitrogens with zero attached hydrogens (tertiary/aromatic N) is 2. The smallest absolute Gasteiger partial charge is 0.338 e. The van der Waals surface area contributed by atoms with Crippen LogP contribution in [-0.4, -0.2) is 22.0 Å². The van der Waals surface area contributed by atoms with Gasteiger partial charge >= 0.3 is 5.97 Å². The number of aromatic nitrogens is 2. The van der Waals surface area contributed by atoms with E-state index in [1.54, 1.807) is 31.2 Å². The first-order valence-electron chi connectivity index (χ1n) is 11.3. The highest BCUT2D eigenvalue weighted by atomic mass is 16.5. The molecule has 0 spiro atoms. The first-order valence-corrected chi connectivity index (χ1v) is 11.3. The van der Waals surface area contributed by atoms with Crippen molar-refractivity contribution in [1.82, 2.24) is 9.38 Å². The van der Waals surface area contributed by atoms with Crippen molar-refractivity contribution in [3.05, 3.63) is 101 Å². The molecule has 4 rings (SSSR count). The van der Waals surface area contributed by atoms with E-state index in [1.165, 1.54) is 5.56 Å². The van der Waals surface area contributed by atoms with E-state index in [1.807, 2.05) is 40.9 Å². The van der Waals surface area contributed by atoms with Gasteiger partial charge in [0.2, 0.25) is 0 Å². The molecule has 34 heavy (non-hydrogen) atoms. The summed E-state index contributed by atoms with van der Waals surface area (Å²) in [5.41, 5.74) is 5.10. The number of imidazole rings is 1. The summed E-state index contributed by atoms with van der Waals surface area (Å²) < 4.78 is 13.0. The number of pyridine rings is 1. The summed E-state index contributed by atoms with van der Waals surface area (Å²) >= 11 is 0. The molecule has 2 heterocycles. The van der Waals surface area contributed by atoms with Crippen LogP contribution in [0.4, 0.5) is 0 Å². The molecule has 0 N–H and O–H groups in total. The lowest BCUT2D eigenvalue weighted by Gasteiger charge is -2.18. The van der Waals surface area contributed by atoms with Gasteiger partial charge in [0.15, 0.2) is 0 Å². The third kappa shape index (κ3) is 5.29. The zero-order valence-corrected chi connectivity index (χ0v) is 20.0. The maximum atomic E-state index is 11.9. The molecule has 0 radical (unpaired) electrons. The monoisotopic (exact) mass is 452 g/mol. The molecule has 0 saturated carbocycles. The van der Waals surface area contributed by atoms with E-state index in [0.29, 0.717) is 17.9 Å². The molecular formula is C29H28N2O3. The standard InChI is InChI=1S/C29H28N2O3/c1-5-33-28(32)22-13-15-24(16-14-22)34-20-25-26(31-18-7-6-11-27(31)30-25)17-12-21-9-8-10-23(19-21)29(2,3)4/h6-11,13-16,18-19H,5,20H2,1-4H3. The van der Waals surface area contributed by atoms with Crippen molar-refractivity contribution in [2.75, 3.05) is 6.61 Å². The molecule has 172 valence electrons. The minimum Gasteiger partial charge on any atom is -0.487 e. The molecule has 0 fully saturated rings. The molecule has 0 unspecified atom stereocenters. The van der Waals surface area contributed by atoms with Crippen molar-refractivity contribution in [1.29, 1.82) is 0 Å². The number of hydrogen-bond donors (Lipinski definition) is 0. The van der Waals surface area contributed by atoms with Crippen molar-refractivity contribution < 1.29 is 14.3 Å². The molecule has 2 aromatic heterocycles. The highest BCUT2D eigenvalue weighted by Crippen LogP contribution is 2.23. The lowest BCUT2D eigenvalue weighted by atomic mass is 9.86. The molecule has 0 aliphatic heterocycles. The number of benzene rings is 2. The molecule has 5 nitrogen and oxygen atoms in total. The van der Waals surface area contributed by atoms with E-state index in [2.05, 4.69) is 44.7 Å². The van der Waals surface area contributed by atoms with Gasteiger partial charge in [-0.25, -0.2) is 9.78 Å². The highest BCUT2D eigenvalue weighted by molar-refractivity contribution is 5.89. The maximum absolute atomic E-state index is 11.9. The lowest BCUT2D eigenvalue weighted by Crippen LogP contribution is -2.10. The summed E-state index contributed by atoms with van der Waals surface area (Å²) in [6.07, 6.45) is 1.95. The van der Waals surface area contributed by atoms with Crippen LogP contribution in [-0.2, 0) is 16.8 Å². The number of carbonyl (C=O) groups excluding carboxylic acids is 1. The molecule has 0 bridgehead atoms. The van der Waals surface area contributed by atoms with Gasteiger partial charge in [-0.05, 0) is 72.4 Å². The van der Waals surface area contributed by atoms with Gasteiger partial charge in [-0.3, -0.25) is 4.40 Å². The Morgan fingerprint density at radius 2 is 1.79 bits per heavy atom. The van der Waals surface area contributed by atoms with Crippen LogP contribution in [0.15, 0.2) is 72.9 Å². The molecule has 0 amide bonds. The van der Waals surface area contributed by atoms with Crippen LogP contribution in [0.1, 0.15) is 60.6 Å². The summed E-state index contributed by atoms with van der Waals surface area (Å²) in [5.74, 6) is 6.91. The van der Waals surface area contributed by atoms with Crippen LogP contribution in [0.2, 0.25) is 0 Å². The Morgan fingerprint density at radius 1 is 1.00 bits per heavy atom. The quantitative estimate of drug-likeness (QED) is 0.284. The highest BCUT2D eigenvalue weighted by Gasteiger charge is 2.14. The zero-order chi connectivity index (χ0) is 24.1. The molecule has 5 heteroatoms. The maximum Gasteiger partial charge on any atom is 0.338 e. The third-order valence-electron chi connectivity index (χ3n) is 5.40. The van der Waals surface area contributed by atoms with Crippen molar-refractivity contribution in [3.8, 4) is 17.6 Å². The van der Waals surface area contributed by atoms with E-state index < -0.39 is 0 Å². The molecule has 0 saturated heterocycles. The Kier molecular flexibility index (Phi) is 6.70. The molecular weight excluding hydrogens is 424 g/mol. The Balaban J connectivity index is 1.60. The van der Waals surface area contributed by atoms with Gasteiger partial charge < -0.3 is 9.47 Å². The van der Waals surface area contributed by atoms with E-state index in [-0.39, 0.29) is 18.0 Å². The molecule has 0 aliphatic rings. The average molecular weight is 453 g/mol. The lowest BCUT2D eigenvalue weighted by molar-refractivity contribution is 0.0526. The van der Waals surface area contributed by atoms with Crippen LogP contribution in [0.25, 0.3) is 5.65 Å². The Hall–Kier alpha value is -4.04. The summed E-state index contributed by atoms with van der Waals surface area (Å²) in [7, 11) is 0. The Morgan fingerprint density at radius 3 is 2.53 bits per heavy atom.